The Hall–Kier alpha value is -0.840. The van der Waals surface area contributed by atoms with Crippen LogP contribution >= 0.6 is 0 Å². The lowest BCUT2D eigenvalue weighted by atomic mass is 9.94. The smallest absolute Gasteiger partial charge is 0.410 e. The normalized spacial score (nSPS) is 31.4. The number of ether oxygens (including phenoxy) is 1. The molecule has 0 unspecified atom stereocenters. The number of hydrogen-bond donors (Lipinski definition) is 1. The van der Waals surface area contributed by atoms with Crippen LogP contribution in [-0.2, 0) is 4.74 Å². The van der Waals surface area contributed by atoms with Crippen LogP contribution < -0.4 is 0 Å². The van der Waals surface area contributed by atoms with E-state index in [0.717, 1.165) is 0 Å². The van der Waals surface area contributed by atoms with E-state index in [2.05, 4.69) is 0 Å². The van der Waals surface area contributed by atoms with Gasteiger partial charge in [0.1, 0.15) is 5.60 Å². The number of carbonyl (C=O) groups is 1. The molecule has 1 heterocycles. The van der Waals surface area contributed by atoms with E-state index < -0.39 is 23.5 Å². The van der Waals surface area contributed by atoms with Crippen molar-refractivity contribution in [3.63, 3.8) is 0 Å². The molecule has 1 saturated heterocycles. The number of hydrogen-bond acceptors (Lipinski definition) is 3. The highest BCUT2D eigenvalue weighted by Gasteiger charge is 2.41. The van der Waals surface area contributed by atoms with Gasteiger partial charge < -0.3 is 14.7 Å². The van der Waals surface area contributed by atoms with Crippen molar-refractivity contribution >= 4 is 6.09 Å². The van der Waals surface area contributed by atoms with Gasteiger partial charge in [0, 0.05) is 6.54 Å². The average molecular weight is 233 g/mol. The lowest BCUT2D eigenvalue weighted by Crippen LogP contribution is -2.54. The van der Waals surface area contributed by atoms with Gasteiger partial charge in [-0.1, -0.05) is 0 Å². The number of carbonyl (C=O) groups excluding carboxylic acids is 1. The van der Waals surface area contributed by atoms with Crippen molar-refractivity contribution < 1.29 is 19.0 Å². The van der Waals surface area contributed by atoms with Crippen LogP contribution in [0.4, 0.5) is 9.18 Å². The summed E-state index contributed by atoms with van der Waals surface area (Å²) in [6.45, 7) is 6.79. The van der Waals surface area contributed by atoms with E-state index in [4.69, 9.17) is 4.74 Å². The molecule has 0 aromatic heterocycles. The molecule has 0 bridgehead atoms. The van der Waals surface area contributed by atoms with Crippen molar-refractivity contribution in [1.82, 2.24) is 4.90 Å². The van der Waals surface area contributed by atoms with Gasteiger partial charge in [0.2, 0.25) is 0 Å². The fourth-order valence-electron chi connectivity index (χ4n) is 1.62. The van der Waals surface area contributed by atoms with Crippen LogP contribution in [0.1, 0.15) is 34.1 Å². The largest absolute Gasteiger partial charge is 0.444 e. The molecule has 1 aliphatic heterocycles. The molecule has 0 radical (unpaired) electrons. The van der Waals surface area contributed by atoms with Gasteiger partial charge in [0.15, 0.2) is 5.67 Å². The van der Waals surface area contributed by atoms with Gasteiger partial charge in [-0.2, -0.15) is 0 Å². The Bertz CT molecular complexity index is 273. The Morgan fingerprint density at radius 1 is 1.56 bits per heavy atom. The molecule has 0 spiro atoms. The number of likely N-dealkylation sites (tertiary alicyclic amines) is 1. The number of rotatable bonds is 0. The molecule has 1 amide bonds. The first kappa shape index (κ1) is 13.2. The number of nitrogens with zero attached hydrogens (tertiary/aromatic N) is 1. The molecule has 1 rings (SSSR count). The molecule has 4 nitrogen and oxygen atoms in total. The molecule has 94 valence electrons. The minimum absolute atomic E-state index is 0.122. The second-order valence-corrected chi connectivity index (χ2v) is 5.48. The summed E-state index contributed by atoms with van der Waals surface area (Å²) in [7, 11) is 0. The molecule has 0 aromatic carbocycles. The maximum Gasteiger partial charge on any atom is 0.410 e. The number of amides is 1. The quantitative estimate of drug-likeness (QED) is 0.693. The van der Waals surface area contributed by atoms with Gasteiger partial charge in [-0.3, -0.25) is 0 Å². The summed E-state index contributed by atoms with van der Waals surface area (Å²) in [6.07, 6.45) is -1.29. The van der Waals surface area contributed by atoms with Crippen LogP contribution in [0.3, 0.4) is 0 Å². The number of piperidine rings is 1. The van der Waals surface area contributed by atoms with Crippen molar-refractivity contribution in [2.24, 2.45) is 0 Å². The minimum Gasteiger partial charge on any atom is -0.444 e. The summed E-state index contributed by atoms with van der Waals surface area (Å²) in [5, 5.41) is 9.42. The predicted octanol–water partition coefficient (Wildman–Crippen LogP) is 1.72. The Labute approximate surface area is 95.4 Å². The first-order valence-electron chi connectivity index (χ1n) is 5.47. The third kappa shape index (κ3) is 3.33. The average Bonchev–Trinajstić information content (AvgIpc) is 2.06. The monoisotopic (exact) mass is 233 g/mol. The zero-order valence-electron chi connectivity index (χ0n) is 10.3. The third-order valence-corrected chi connectivity index (χ3v) is 2.52. The maximum absolute atomic E-state index is 13.8. The van der Waals surface area contributed by atoms with Crippen molar-refractivity contribution in [1.29, 1.82) is 0 Å². The molecule has 2 atom stereocenters. The van der Waals surface area contributed by atoms with Crippen LogP contribution in [-0.4, -0.2) is 46.6 Å². The van der Waals surface area contributed by atoms with Crippen molar-refractivity contribution in [3.05, 3.63) is 0 Å². The van der Waals surface area contributed by atoms with Crippen LogP contribution in [0.25, 0.3) is 0 Å². The highest BCUT2D eigenvalue weighted by Crippen LogP contribution is 2.26. The molecule has 0 aromatic rings. The second kappa shape index (κ2) is 4.20. The van der Waals surface area contributed by atoms with Crippen LogP contribution in [0.2, 0.25) is 0 Å². The first-order chi connectivity index (χ1) is 7.12. The summed E-state index contributed by atoms with van der Waals surface area (Å²) < 4.78 is 19.0. The van der Waals surface area contributed by atoms with E-state index in [9.17, 15) is 14.3 Å². The Morgan fingerprint density at radius 2 is 2.12 bits per heavy atom. The van der Waals surface area contributed by atoms with Gasteiger partial charge in [-0.25, -0.2) is 9.18 Å². The second-order valence-electron chi connectivity index (χ2n) is 5.48. The highest BCUT2D eigenvalue weighted by molar-refractivity contribution is 5.68. The van der Waals surface area contributed by atoms with Gasteiger partial charge in [-0.05, 0) is 34.1 Å². The summed E-state index contributed by atoms with van der Waals surface area (Å²) in [4.78, 5) is 13.0. The molecule has 0 saturated carbocycles. The fourth-order valence-corrected chi connectivity index (χ4v) is 1.62. The Balaban J connectivity index is 2.60. The van der Waals surface area contributed by atoms with E-state index >= 15 is 0 Å². The van der Waals surface area contributed by atoms with Gasteiger partial charge in [0.05, 0.1) is 12.6 Å². The summed E-state index contributed by atoms with van der Waals surface area (Å²) in [5.41, 5.74) is -2.34. The highest BCUT2D eigenvalue weighted by atomic mass is 19.1. The summed E-state index contributed by atoms with van der Waals surface area (Å²) >= 11 is 0. The van der Waals surface area contributed by atoms with Crippen LogP contribution in [0, 0.1) is 0 Å². The molecular weight excluding hydrogens is 213 g/mol. The summed E-state index contributed by atoms with van der Waals surface area (Å²) in [6, 6.07) is 0. The van der Waals surface area contributed by atoms with Crippen LogP contribution in [0.5, 0.6) is 0 Å². The number of alkyl halides is 1. The molecule has 1 aliphatic rings. The van der Waals surface area contributed by atoms with Crippen LogP contribution in [0.15, 0.2) is 0 Å². The SMILES string of the molecule is CC(C)(C)OC(=O)N1CC[C@@H](O)[C@@](C)(F)C1. The predicted molar refractivity (Wildman–Crippen MR) is 57.9 cm³/mol. The van der Waals surface area contributed by atoms with Gasteiger partial charge in [0.25, 0.3) is 0 Å². The minimum atomic E-state index is -1.75. The van der Waals surface area contributed by atoms with E-state index in [1.807, 2.05) is 0 Å². The molecule has 1 fully saturated rings. The summed E-state index contributed by atoms with van der Waals surface area (Å²) in [5.74, 6) is 0. The molecule has 16 heavy (non-hydrogen) atoms. The Kier molecular flexibility index (Phi) is 3.47. The Morgan fingerprint density at radius 3 is 2.56 bits per heavy atom. The zero-order chi connectivity index (χ0) is 12.6. The standard InChI is InChI=1S/C11H20FNO3/c1-10(2,3)16-9(15)13-6-5-8(14)11(4,12)7-13/h8,14H,5-7H2,1-4H3/t8-,11+/m1/s1. The van der Waals surface area contributed by atoms with Gasteiger partial charge in [-0.15, -0.1) is 0 Å². The van der Waals surface area contributed by atoms with E-state index in [1.165, 1.54) is 11.8 Å². The van der Waals surface area contributed by atoms with E-state index in [-0.39, 0.29) is 13.0 Å². The van der Waals surface area contributed by atoms with Gasteiger partial charge >= 0.3 is 6.09 Å². The molecular formula is C11H20FNO3. The van der Waals surface area contributed by atoms with E-state index in [0.29, 0.717) is 6.54 Å². The zero-order valence-corrected chi connectivity index (χ0v) is 10.3. The molecule has 1 N–H and O–H groups in total. The maximum atomic E-state index is 13.8. The van der Waals surface area contributed by atoms with Crippen molar-refractivity contribution in [2.75, 3.05) is 13.1 Å². The topological polar surface area (TPSA) is 49.8 Å². The molecule has 0 aliphatic carbocycles. The van der Waals surface area contributed by atoms with E-state index in [1.54, 1.807) is 20.8 Å². The molecule has 5 heteroatoms. The number of aliphatic hydroxyl groups is 1. The number of aliphatic hydroxyl groups excluding tert-OH is 1. The number of halogens is 1. The van der Waals surface area contributed by atoms with Crippen molar-refractivity contribution in [3.8, 4) is 0 Å². The fraction of sp³-hybridized carbons (Fsp3) is 0.909. The lowest BCUT2D eigenvalue weighted by molar-refractivity contribution is -0.0623. The lowest BCUT2D eigenvalue weighted by Gasteiger charge is -2.39. The first-order valence-corrected chi connectivity index (χ1v) is 5.47. The third-order valence-electron chi connectivity index (χ3n) is 2.52. The van der Waals surface area contributed by atoms with Crippen molar-refractivity contribution in [2.45, 2.75) is 51.5 Å².